The molecule has 0 aromatic rings. The monoisotopic (exact) mass is 262 g/mol. The van der Waals surface area contributed by atoms with Gasteiger partial charge in [0.25, 0.3) is 0 Å². The van der Waals surface area contributed by atoms with Crippen molar-refractivity contribution < 1.29 is 0 Å². The molecule has 0 aromatic heterocycles. The lowest BCUT2D eigenvalue weighted by atomic mass is 9.50. The van der Waals surface area contributed by atoms with Crippen LogP contribution in [-0.4, -0.2) is 36.6 Å². The number of hydrogen-bond donors (Lipinski definition) is 1. The minimum atomic E-state index is 0.724. The average Bonchev–Trinajstić information content (AvgIpc) is 2.37. The van der Waals surface area contributed by atoms with Gasteiger partial charge in [-0.3, -0.25) is 4.90 Å². The standard InChI is InChI=1S/C17H30N2/c1-11(2)19-4-3-18-16(10-19)17-14-6-12-5-13(8-14)9-15(17)7-12/h11-18H,3-10H2,1-2H3. The van der Waals surface area contributed by atoms with Gasteiger partial charge in [-0.25, -0.2) is 0 Å². The SMILES string of the molecule is CC(C)N1CCNC(C2C3CC4CC(C3)CC2C4)C1. The first-order valence-corrected chi connectivity index (χ1v) is 8.68. The summed E-state index contributed by atoms with van der Waals surface area (Å²) in [5, 5.41) is 3.89. The quantitative estimate of drug-likeness (QED) is 0.823. The molecular formula is C17H30N2. The minimum Gasteiger partial charge on any atom is -0.311 e. The molecule has 2 nitrogen and oxygen atoms in total. The molecule has 5 aliphatic rings. The third kappa shape index (κ3) is 2.15. The number of piperazine rings is 1. The Kier molecular flexibility index (Phi) is 3.15. The largest absolute Gasteiger partial charge is 0.311 e. The molecule has 5 fully saturated rings. The molecule has 4 aliphatic carbocycles. The van der Waals surface area contributed by atoms with E-state index in [9.17, 15) is 0 Å². The summed E-state index contributed by atoms with van der Waals surface area (Å²) in [6, 6.07) is 1.52. The summed E-state index contributed by atoms with van der Waals surface area (Å²) < 4.78 is 0. The average molecular weight is 262 g/mol. The highest BCUT2D eigenvalue weighted by Gasteiger charge is 2.50. The van der Waals surface area contributed by atoms with Gasteiger partial charge >= 0.3 is 0 Å². The summed E-state index contributed by atoms with van der Waals surface area (Å²) in [5.41, 5.74) is 0. The molecule has 0 radical (unpaired) electrons. The van der Waals surface area contributed by atoms with Crippen molar-refractivity contribution in [2.24, 2.45) is 29.6 Å². The van der Waals surface area contributed by atoms with Gasteiger partial charge in [0.1, 0.15) is 0 Å². The fourth-order valence-electron chi connectivity index (χ4n) is 6.15. The molecule has 4 saturated carbocycles. The van der Waals surface area contributed by atoms with Gasteiger partial charge in [-0.05, 0) is 75.5 Å². The van der Waals surface area contributed by atoms with Gasteiger partial charge < -0.3 is 5.32 Å². The molecule has 108 valence electrons. The van der Waals surface area contributed by atoms with Crippen molar-refractivity contribution in [2.75, 3.05) is 19.6 Å². The summed E-state index contributed by atoms with van der Waals surface area (Å²) in [6.45, 7) is 8.50. The van der Waals surface area contributed by atoms with Crippen LogP contribution in [0.5, 0.6) is 0 Å². The van der Waals surface area contributed by atoms with Crippen molar-refractivity contribution >= 4 is 0 Å². The van der Waals surface area contributed by atoms with Crippen LogP contribution >= 0.6 is 0 Å². The van der Waals surface area contributed by atoms with Crippen molar-refractivity contribution in [1.82, 2.24) is 10.2 Å². The highest BCUT2D eigenvalue weighted by molar-refractivity contribution is 5.03. The maximum atomic E-state index is 3.89. The van der Waals surface area contributed by atoms with Gasteiger partial charge in [-0.2, -0.15) is 0 Å². The third-order valence-electron chi connectivity index (χ3n) is 6.73. The van der Waals surface area contributed by atoms with E-state index in [0.29, 0.717) is 0 Å². The fourth-order valence-corrected chi connectivity index (χ4v) is 6.15. The fraction of sp³-hybridized carbons (Fsp3) is 1.00. The lowest BCUT2D eigenvalue weighted by Crippen LogP contribution is -2.61. The number of nitrogens with one attached hydrogen (secondary N) is 1. The second kappa shape index (κ2) is 4.73. The predicted molar refractivity (Wildman–Crippen MR) is 79.0 cm³/mol. The Morgan fingerprint density at radius 2 is 1.58 bits per heavy atom. The second-order valence-corrected chi connectivity index (χ2v) is 8.16. The molecule has 1 saturated heterocycles. The Morgan fingerprint density at radius 3 is 2.16 bits per heavy atom. The van der Waals surface area contributed by atoms with Crippen LogP contribution in [0.25, 0.3) is 0 Å². The Balaban J connectivity index is 1.49. The Morgan fingerprint density at radius 1 is 0.947 bits per heavy atom. The van der Waals surface area contributed by atoms with Crippen LogP contribution in [0.4, 0.5) is 0 Å². The van der Waals surface area contributed by atoms with E-state index in [4.69, 9.17) is 0 Å². The van der Waals surface area contributed by atoms with Crippen LogP contribution in [0, 0.1) is 29.6 Å². The molecule has 19 heavy (non-hydrogen) atoms. The van der Waals surface area contributed by atoms with Crippen LogP contribution in [0.15, 0.2) is 0 Å². The molecule has 1 atom stereocenters. The van der Waals surface area contributed by atoms with Crippen LogP contribution in [-0.2, 0) is 0 Å². The lowest BCUT2D eigenvalue weighted by molar-refractivity contribution is -0.0619. The van der Waals surface area contributed by atoms with E-state index in [2.05, 4.69) is 24.1 Å². The molecule has 0 amide bonds. The smallest absolute Gasteiger partial charge is 0.0229 e. The van der Waals surface area contributed by atoms with Crippen LogP contribution in [0.1, 0.15) is 46.0 Å². The molecule has 5 rings (SSSR count). The predicted octanol–water partition coefficient (Wildman–Crippen LogP) is 2.74. The molecule has 2 heteroatoms. The summed E-state index contributed by atoms with van der Waals surface area (Å²) >= 11 is 0. The zero-order valence-corrected chi connectivity index (χ0v) is 12.6. The molecule has 1 unspecified atom stereocenters. The molecule has 0 aromatic carbocycles. The van der Waals surface area contributed by atoms with Crippen molar-refractivity contribution in [3.63, 3.8) is 0 Å². The van der Waals surface area contributed by atoms with Gasteiger partial charge in [0, 0.05) is 31.7 Å². The first kappa shape index (κ1) is 12.6. The maximum Gasteiger partial charge on any atom is 0.0229 e. The highest BCUT2D eigenvalue weighted by atomic mass is 15.2. The minimum absolute atomic E-state index is 0.724. The van der Waals surface area contributed by atoms with Crippen LogP contribution < -0.4 is 5.32 Å². The van der Waals surface area contributed by atoms with Gasteiger partial charge in [0.2, 0.25) is 0 Å². The van der Waals surface area contributed by atoms with E-state index < -0.39 is 0 Å². The number of rotatable bonds is 2. The van der Waals surface area contributed by atoms with E-state index in [0.717, 1.165) is 41.7 Å². The highest BCUT2D eigenvalue weighted by Crippen LogP contribution is 2.57. The molecule has 4 bridgehead atoms. The van der Waals surface area contributed by atoms with Crippen molar-refractivity contribution in [2.45, 2.75) is 58.0 Å². The van der Waals surface area contributed by atoms with Gasteiger partial charge in [0.05, 0.1) is 0 Å². The summed E-state index contributed by atoms with van der Waals surface area (Å²) in [5.74, 6) is 5.38. The number of hydrogen-bond acceptors (Lipinski definition) is 2. The zero-order chi connectivity index (χ0) is 13.0. The zero-order valence-electron chi connectivity index (χ0n) is 12.6. The summed E-state index contributed by atoms with van der Waals surface area (Å²) in [4.78, 5) is 2.70. The van der Waals surface area contributed by atoms with Crippen LogP contribution in [0.2, 0.25) is 0 Å². The Labute approximate surface area is 118 Å². The number of nitrogens with zero attached hydrogens (tertiary/aromatic N) is 1. The molecule has 1 heterocycles. The van der Waals surface area contributed by atoms with Gasteiger partial charge in [-0.15, -0.1) is 0 Å². The normalized spacial score (nSPS) is 50.1. The summed E-state index contributed by atoms with van der Waals surface area (Å²) in [6.07, 6.45) is 7.85. The Bertz CT molecular complexity index is 310. The summed E-state index contributed by atoms with van der Waals surface area (Å²) in [7, 11) is 0. The first-order valence-electron chi connectivity index (χ1n) is 8.68. The topological polar surface area (TPSA) is 15.3 Å². The van der Waals surface area contributed by atoms with E-state index in [1.54, 1.807) is 32.1 Å². The van der Waals surface area contributed by atoms with E-state index in [-0.39, 0.29) is 0 Å². The van der Waals surface area contributed by atoms with E-state index in [1.807, 2.05) is 0 Å². The van der Waals surface area contributed by atoms with Gasteiger partial charge in [-0.1, -0.05) is 0 Å². The van der Waals surface area contributed by atoms with E-state index in [1.165, 1.54) is 19.6 Å². The van der Waals surface area contributed by atoms with Crippen LogP contribution in [0.3, 0.4) is 0 Å². The van der Waals surface area contributed by atoms with E-state index >= 15 is 0 Å². The molecule has 1 N–H and O–H groups in total. The Hall–Kier alpha value is -0.0800. The first-order chi connectivity index (χ1) is 9.20. The molecular weight excluding hydrogens is 232 g/mol. The molecule has 0 spiro atoms. The second-order valence-electron chi connectivity index (χ2n) is 8.16. The van der Waals surface area contributed by atoms with Crippen molar-refractivity contribution in [3.8, 4) is 0 Å². The third-order valence-corrected chi connectivity index (χ3v) is 6.73. The maximum absolute atomic E-state index is 3.89. The van der Waals surface area contributed by atoms with Crippen molar-refractivity contribution in [1.29, 1.82) is 0 Å². The van der Waals surface area contributed by atoms with Crippen molar-refractivity contribution in [3.05, 3.63) is 0 Å². The molecule has 1 aliphatic heterocycles. The lowest BCUT2D eigenvalue weighted by Gasteiger charge is -2.57. The van der Waals surface area contributed by atoms with Gasteiger partial charge in [0.15, 0.2) is 0 Å².